The van der Waals surface area contributed by atoms with Crippen LogP contribution in [0.15, 0.2) is 36.5 Å². The lowest BCUT2D eigenvalue weighted by Crippen LogP contribution is -2.02. The lowest BCUT2D eigenvalue weighted by molar-refractivity contribution is 0.0980. The van der Waals surface area contributed by atoms with Crippen LogP contribution >= 0.6 is 0 Å². The van der Waals surface area contributed by atoms with Crippen LogP contribution in [0.25, 0.3) is 10.9 Å². The first-order chi connectivity index (χ1) is 9.33. The SMILES string of the molecule is NCCCCCCC(=O)c1cccc2cccnc12. The minimum absolute atomic E-state index is 0.192. The molecule has 1 aromatic carbocycles. The summed E-state index contributed by atoms with van der Waals surface area (Å²) in [6.45, 7) is 0.737. The number of nitrogens with zero attached hydrogens (tertiary/aromatic N) is 1. The normalized spacial score (nSPS) is 10.8. The van der Waals surface area contributed by atoms with Gasteiger partial charge >= 0.3 is 0 Å². The van der Waals surface area contributed by atoms with Crippen molar-refractivity contribution in [3.63, 3.8) is 0 Å². The summed E-state index contributed by atoms with van der Waals surface area (Å²) in [5, 5.41) is 1.02. The summed E-state index contributed by atoms with van der Waals surface area (Å²) in [6, 6.07) is 9.66. The fraction of sp³-hybridized carbons (Fsp3) is 0.375. The van der Waals surface area contributed by atoms with Crippen LogP contribution in [-0.2, 0) is 0 Å². The Hall–Kier alpha value is -1.74. The number of hydrogen-bond donors (Lipinski definition) is 1. The molecule has 0 saturated heterocycles. The van der Waals surface area contributed by atoms with Crippen molar-refractivity contribution < 1.29 is 4.79 Å². The van der Waals surface area contributed by atoms with Crippen molar-refractivity contribution >= 4 is 16.7 Å². The van der Waals surface area contributed by atoms with Crippen molar-refractivity contribution in [3.8, 4) is 0 Å². The van der Waals surface area contributed by atoms with Crippen LogP contribution in [0.3, 0.4) is 0 Å². The zero-order chi connectivity index (χ0) is 13.5. The summed E-state index contributed by atoms with van der Waals surface area (Å²) in [7, 11) is 0. The van der Waals surface area contributed by atoms with Gasteiger partial charge in [0.1, 0.15) is 0 Å². The van der Waals surface area contributed by atoms with Crippen LogP contribution in [0, 0.1) is 0 Å². The number of Topliss-reactive ketones (excluding diaryl/α,β-unsaturated/α-hetero) is 1. The maximum atomic E-state index is 12.2. The molecule has 0 amide bonds. The highest BCUT2D eigenvalue weighted by Gasteiger charge is 2.10. The zero-order valence-electron chi connectivity index (χ0n) is 11.1. The molecular weight excluding hydrogens is 236 g/mol. The molecule has 0 atom stereocenters. The van der Waals surface area contributed by atoms with Gasteiger partial charge in [0.2, 0.25) is 0 Å². The molecule has 2 aromatic rings. The molecule has 0 aliphatic carbocycles. The maximum absolute atomic E-state index is 12.2. The minimum atomic E-state index is 0.192. The van der Waals surface area contributed by atoms with Crippen LogP contribution < -0.4 is 5.73 Å². The summed E-state index contributed by atoms with van der Waals surface area (Å²) < 4.78 is 0. The number of unbranched alkanes of at least 4 members (excludes halogenated alkanes) is 3. The second-order valence-corrected chi connectivity index (χ2v) is 4.76. The van der Waals surface area contributed by atoms with E-state index in [-0.39, 0.29) is 5.78 Å². The average Bonchev–Trinajstić information content (AvgIpc) is 2.46. The van der Waals surface area contributed by atoms with Crippen molar-refractivity contribution in [2.24, 2.45) is 5.73 Å². The summed E-state index contributed by atoms with van der Waals surface area (Å²) >= 11 is 0. The number of fused-ring (bicyclic) bond motifs is 1. The van der Waals surface area contributed by atoms with Crippen molar-refractivity contribution in [3.05, 3.63) is 42.1 Å². The van der Waals surface area contributed by atoms with Gasteiger partial charge in [-0.25, -0.2) is 0 Å². The van der Waals surface area contributed by atoms with E-state index in [1.807, 2.05) is 30.3 Å². The maximum Gasteiger partial charge on any atom is 0.165 e. The molecule has 19 heavy (non-hydrogen) atoms. The molecule has 2 rings (SSSR count). The molecule has 3 heteroatoms. The lowest BCUT2D eigenvalue weighted by atomic mass is 10.0. The predicted molar refractivity (Wildman–Crippen MR) is 78.2 cm³/mol. The van der Waals surface area contributed by atoms with Crippen LogP contribution in [0.4, 0.5) is 0 Å². The number of nitrogens with two attached hydrogens (primary N) is 1. The number of hydrogen-bond acceptors (Lipinski definition) is 3. The molecule has 0 aliphatic heterocycles. The number of ketones is 1. The number of carbonyl (C=O) groups excluding carboxylic acids is 1. The Morgan fingerprint density at radius 2 is 1.84 bits per heavy atom. The quantitative estimate of drug-likeness (QED) is 0.610. The van der Waals surface area contributed by atoms with E-state index in [1.54, 1.807) is 6.20 Å². The summed E-state index contributed by atoms with van der Waals surface area (Å²) in [4.78, 5) is 16.5. The molecule has 100 valence electrons. The molecule has 0 radical (unpaired) electrons. The van der Waals surface area contributed by atoms with Gasteiger partial charge in [0.25, 0.3) is 0 Å². The first-order valence-corrected chi connectivity index (χ1v) is 6.90. The molecule has 2 N–H and O–H groups in total. The van der Waals surface area contributed by atoms with E-state index < -0.39 is 0 Å². The van der Waals surface area contributed by atoms with E-state index in [0.717, 1.165) is 48.7 Å². The molecule has 0 bridgehead atoms. The predicted octanol–water partition coefficient (Wildman–Crippen LogP) is 3.33. The number of para-hydroxylation sites is 1. The number of benzene rings is 1. The Bertz CT molecular complexity index is 546. The summed E-state index contributed by atoms with van der Waals surface area (Å²) in [6.07, 6.45) is 6.49. The third-order valence-corrected chi connectivity index (χ3v) is 3.29. The molecule has 0 spiro atoms. The topological polar surface area (TPSA) is 56.0 Å². The Morgan fingerprint density at radius 1 is 1.05 bits per heavy atom. The van der Waals surface area contributed by atoms with E-state index in [4.69, 9.17) is 5.73 Å². The second kappa shape index (κ2) is 7.00. The van der Waals surface area contributed by atoms with Gasteiger partial charge in [-0.1, -0.05) is 31.0 Å². The van der Waals surface area contributed by atoms with E-state index in [9.17, 15) is 4.79 Å². The Kier molecular flexibility index (Phi) is 5.04. The highest BCUT2D eigenvalue weighted by Crippen LogP contribution is 2.18. The Labute approximate surface area is 113 Å². The van der Waals surface area contributed by atoms with E-state index in [0.29, 0.717) is 6.42 Å². The van der Waals surface area contributed by atoms with Crippen molar-refractivity contribution in [1.82, 2.24) is 4.98 Å². The smallest absolute Gasteiger partial charge is 0.165 e. The van der Waals surface area contributed by atoms with Gasteiger partial charge in [0.05, 0.1) is 5.52 Å². The molecule has 3 nitrogen and oxygen atoms in total. The summed E-state index contributed by atoms with van der Waals surface area (Å²) in [5.41, 5.74) is 7.01. The Morgan fingerprint density at radius 3 is 2.68 bits per heavy atom. The number of pyridine rings is 1. The van der Waals surface area contributed by atoms with E-state index in [2.05, 4.69) is 4.98 Å². The first-order valence-electron chi connectivity index (χ1n) is 6.90. The standard InChI is InChI=1S/C16H20N2O/c17-11-4-2-1-3-10-15(19)14-9-5-7-13-8-6-12-18-16(13)14/h5-9,12H,1-4,10-11,17H2. The van der Waals surface area contributed by atoms with Gasteiger partial charge in [-0.15, -0.1) is 0 Å². The van der Waals surface area contributed by atoms with Gasteiger partial charge in [0.15, 0.2) is 5.78 Å². The highest BCUT2D eigenvalue weighted by molar-refractivity contribution is 6.06. The van der Waals surface area contributed by atoms with Crippen molar-refractivity contribution in [2.75, 3.05) is 6.54 Å². The average molecular weight is 256 g/mol. The lowest BCUT2D eigenvalue weighted by Gasteiger charge is -2.05. The zero-order valence-corrected chi connectivity index (χ0v) is 11.1. The summed E-state index contributed by atoms with van der Waals surface area (Å²) in [5.74, 6) is 0.192. The fourth-order valence-corrected chi connectivity index (χ4v) is 2.25. The molecule has 1 aromatic heterocycles. The highest BCUT2D eigenvalue weighted by atomic mass is 16.1. The molecule has 1 heterocycles. The van der Waals surface area contributed by atoms with Gasteiger partial charge in [-0.3, -0.25) is 9.78 Å². The largest absolute Gasteiger partial charge is 0.330 e. The van der Waals surface area contributed by atoms with Crippen LogP contribution in [0.1, 0.15) is 42.5 Å². The van der Waals surface area contributed by atoms with Crippen LogP contribution in [-0.4, -0.2) is 17.3 Å². The van der Waals surface area contributed by atoms with Crippen molar-refractivity contribution in [2.45, 2.75) is 32.1 Å². The number of aromatic nitrogens is 1. The third kappa shape index (κ3) is 3.61. The van der Waals surface area contributed by atoms with E-state index in [1.165, 1.54) is 0 Å². The van der Waals surface area contributed by atoms with Gasteiger partial charge < -0.3 is 5.73 Å². The second-order valence-electron chi connectivity index (χ2n) is 4.76. The van der Waals surface area contributed by atoms with Gasteiger partial charge in [-0.05, 0) is 31.5 Å². The first kappa shape index (κ1) is 13.7. The fourth-order valence-electron chi connectivity index (χ4n) is 2.25. The Balaban J connectivity index is 2.01. The molecular formula is C16H20N2O. The minimum Gasteiger partial charge on any atom is -0.330 e. The van der Waals surface area contributed by atoms with Crippen LogP contribution in [0.2, 0.25) is 0 Å². The number of rotatable bonds is 7. The molecule has 0 fully saturated rings. The number of carbonyl (C=O) groups is 1. The third-order valence-electron chi connectivity index (χ3n) is 3.29. The molecule has 0 unspecified atom stereocenters. The molecule has 0 saturated carbocycles. The van der Waals surface area contributed by atoms with Crippen molar-refractivity contribution in [1.29, 1.82) is 0 Å². The molecule has 0 aliphatic rings. The van der Waals surface area contributed by atoms with Crippen LogP contribution in [0.5, 0.6) is 0 Å². The van der Waals surface area contributed by atoms with Gasteiger partial charge in [0, 0.05) is 23.6 Å². The monoisotopic (exact) mass is 256 g/mol. The van der Waals surface area contributed by atoms with Gasteiger partial charge in [-0.2, -0.15) is 0 Å². The van der Waals surface area contributed by atoms with E-state index >= 15 is 0 Å².